The predicted molar refractivity (Wildman–Crippen MR) is 214 cm³/mol. The van der Waals surface area contributed by atoms with Crippen LogP contribution in [0.25, 0.3) is 97.9 Å². The molecule has 11 rings (SSSR count). The van der Waals surface area contributed by atoms with E-state index in [1.807, 2.05) is 0 Å². The second kappa shape index (κ2) is 11.0. The van der Waals surface area contributed by atoms with Crippen molar-refractivity contribution in [1.82, 2.24) is 19.1 Å². The first-order chi connectivity index (χ1) is 25.3. The molecular weight excluding hydrogens is 641 g/mol. The van der Waals surface area contributed by atoms with Gasteiger partial charge in [0.2, 0.25) is 0 Å². The Morgan fingerprint density at radius 3 is 1.69 bits per heavy atom. The van der Waals surface area contributed by atoms with E-state index in [2.05, 4.69) is 179 Å². The Bertz CT molecular complexity index is 3130. The molecular formula is C46H28N4S. The molecule has 0 aliphatic rings. The number of rotatable bonds is 4. The minimum atomic E-state index is 0.721. The van der Waals surface area contributed by atoms with E-state index in [4.69, 9.17) is 9.97 Å². The molecule has 7 aromatic carbocycles. The minimum absolute atomic E-state index is 0.721. The quantitative estimate of drug-likeness (QED) is 0.187. The van der Waals surface area contributed by atoms with E-state index in [9.17, 15) is 0 Å². The number of benzene rings is 7. The first-order valence-electron chi connectivity index (χ1n) is 17.2. The van der Waals surface area contributed by atoms with Crippen LogP contribution in [0.1, 0.15) is 0 Å². The van der Waals surface area contributed by atoms with Gasteiger partial charge in [0.05, 0.1) is 38.0 Å². The highest BCUT2D eigenvalue weighted by Gasteiger charge is 2.20. The van der Waals surface area contributed by atoms with Crippen LogP contribution in [0.4, 0.5) is 0 Å². The van der Waals surface area contributed by atoms with E-state index in [-0.39, 0.29) is 0 Å². The maximum Gasteiger partial charge on any atom is 0.160 e. The summed E-state index contributed by atoms with van der Waals surface area (Å²) in [7, 11) is 0. The number of thiophene rings is 1. The molecule has 0 amide bonds. The van der Waals surface area contributed by atoms with Gasteiger partial charge >= 0.3 is 0 Å². The highest BCUT2D eigenvalue weighted by atomic mass is 32.1. The van der Waals surface area contributed by atoms with E-state index in [1.165, 1.54) is 37.3 Å². The van der Waals surface area contributed by atoms with Crippen LogP contribution in [-0.2, 0) is 0 Å². The zero-order valence-corrected chi connectivity index (χ0v) is 28.2. The van der Waals surface area contributed by atoms with E-state index < -0.39 is 0 Å². The van der Waals surface area contributed by atoms with E-state index >= 15 is 0 Å². The Labute approximate surface area is 297 Å². The fourth-order valence-corrected chi connectivity index (χ4v) is 9.01. The number of nitrogens with zero attached hydrogens (tertiary/aromatic N) is 4. The molecule has 0 fully saturated rings. The van der Waals surface area contributed by atoms with Gasteiger partial charge in [0.15, 0.2) is 5.82 Å². The lowest BCUT2D eigenvalue weighted by Crippen LogP contribution is -1.97. The zero-order chi connectivity index (χ0) is 33.5. The van der Waals surface area contributed by atoms with E-state index in [0.717, 1.165) is 60.7 Å². The summed E-state index contributed by atoms with van der Waals surface area (Å²) in [6, 6.07) is 60.6. The molecule has 0 saturated carbocycles. The van der Waals surface area contributed by atoms with Crippen LogP contribution in [0, 0.1) is 0 Å². The Balaban J connectivity index is 1.18. The molecule has 51 heavy (non-hydrogen) atoms. The lowest BCUT2D eigenvalue weighted by Gasteiger charge is -2.12. The summed E-state index contributed by atoms with van der Waals surface area (Å²) >= 11 is 1.76. The summed E-state index contributed by atoms with van der Waals surface area (Å²) in [5, 5.41) is 6.12. The maximum atomic E-state index is 5.28. The van der Waals surface area contributed by atoms with Gasteiger partial charge in [-0.15, -0.1) is 11.3 Å². The van der Waals surface area contributed by atoms with Crippen LogP contribution in [0.2, 0.25) is 0 Å². The molecule has 0 aliphatic heterocycles. The summed E-state index contributed by atoms with van der Waals surface area (Å²) < 4.78 is 7.12. The molecule has 4 nitrogen and oxygen atoms in total. The highest BCUT2D eigenvalue weighted by Crippen LogP contribution is 2.42. The second-order valence-corrected chi connectivity index (χ2v) is 14.1. The van der Waals surface area contributed by atoms with Crippen molar-refractivity contribution in [3.63, 3.8) is 0 Å². The van der Waals surface area contributed by atoms with E-state index in [0.29, 0.717) is 0 Å². The average Bonchev–Trinajstić information content (AvgIpc) is 3.85. The normalized spacial score (nSPS) is 11.9. The molecule has 0 saturated heterocycles. The Morgan fingerprint density at radius 1 is 0.392 bits per heavy atom. The molecule has 0 atom stereocenters. The zero-order valence-electron chi connectivity index (χ0n) is 27.4. The van der Waals surface area contributed by atoms with Gasteiger partial charge in [-0.2, -0.15) is 0 Å². The Morgan fingerprint density at radius 2 is 0.961 bits per heavy atom. The van der Waals surface area contributed by atoms with Gasteiger partial charge in [0.1, 0.15) is 0 Å². The Hall–Kier alpha value is -6.56. The molecule has 11 aromatic rings. The van der Waals surface area contributed by atoms with Crippen molar-refractivity contribution in [1.29, 1.82) is 0 Å². The molecule has 4 heterocycles. The van der Waals surface area contributed by atoms with Gasteiger partial charge < -0.3 is 9.13 Å². The van der Waals surface area contributed by atoms with Crippen LogP contribution in [-0.4, -0.2) is 19.1 Å². The second-order valence-electron chi connectivity index (χ2n) is 13.0. The van der Waals surface area contributed by atoms with Crippen LogP contribution < -0.4 is 0 Å². The van der Waals surface area contributed by atoms with Crippen molar-refractivity contribution in [2.45, 2.75) is 0 Å². The molecule has 5 heteroatoms. The Kier molecular flexibility index (Phi) is 6.09. The standard InChI is InChI=1S/C46H28N4S/c1-3-14-29(15-4-1)43-45-44(35-22-9-12-25-42(35)51-45)48-46(47-43)30-16-13-19-32(26-30)50-39-24-11-8-21-34(39)37-27-36-33-20-7-10-23-38(33)49(40(36)28-41(37)50)31-17-5-2-6-18-31/h1-28H. The fraction of sp³-hybridized carbons (Fsp3) is 0. The average molecular weight is 669 g/mol. The van der Waals surface area contributed by atoms with Crippen LogP contribution in [0.3, 0.4) is 0 Å². The van der Waals surface area contributed by atoms with Crippen molar-refractivity contribution in [2.75, 3.05) is 0 Å². The molecule has 4 aromatic heterocycles. The predicted octanol–water partition coefficient (Wildman–Crippen LogP) is 12.4. The molecule has 0 N–H and O–H groups in total. The minimum Gasteiger partial charge on any atom is -0.309 e. The van der Waals surface area contributed by atoms with Crippen molar-refractivity contribution in [2.24, 2.45) is 0 Å². The van der Waals surface area contributed by atoms with Gasteiger partial charge in [0, 0.05) is 54.1 Å². The van der Waals surface area contributed by atoms with Gasteiger partial charge in [-0.3, -0.25) is 0 Å². The van der Waals surface area contributed by atoms with Gasteiger partial charge in [-0.05, 0) is 54.6 Å². The molecule has 0 aliphatic carbocycles. The van der Waals surface area contributed by atoms with E-state index in [1.54, 1.807) is 11.3 Å². The van der Waals surface area contributed by atoms with Gasteiger partial charge in [-0.25, -0.2) is 9.97 Å². The summed E-state index contributed by atoms with van der Waals surface area (Å²) in [4.78, 5) is 10.5. The summed E-state index contributed by atoms with van der Waals surface area (Å²) in [5.41, 5.74) is 11.0. The van der Waals surface area contributed by atoms with Crippen LogP contribution >= 0.6 is 11.3 Å². The SMILES string of the molecule is c1ccc(-c2nc(-c3cccc(-n4c5ccccc5c5cc6c7ccccc7n(-c7ccccc7)c6cc54)c3)nc3c2sc2ccccc23)cc1. The van der Waals surface area contributed by atoms with Crippen molar-refractivity contribution >= 4 is 75.3 Å². The number of hydrogen-bond donors (Lipinski definition) is 0. The monoisotopic (exact) mass is 668 g/mol. The number of hydrogen-bond acceptors (Lipinski definition) is 3. The number of aromatic nitrogens is 4. The first-order valence-corrected chi connectivity index (χ1v) is 18.0. The summed E-state index contributed by atoms with van der Waals surface area (Å²) in [5.74, 6) is 0.721. The third-order valence-electron chi connectivity index (χ3n) is 10.1. The van der Waals surface area contributed by atoms with Gasteiger partial charge in [0.25, 0.3) is 0 Å². The smallest absolute Gasteiger partial charge is 0.160 e. The van der Waals surface area contributed by atoms with Gasteiger partial charge in [-0.1, -0.05) is 115 Å². The molecule has 0 bridgehead atoms. The molecule has 0 spiro atoms. The first kappa shape index (κ1) is 28.3. The van der Waals surface area contributed by atoms with Crippen molar-refractivity contribution in [3.05, 3.63) is 170 Å². The number of para-hydroxylation sites is 3. The molecule has 0 radical (unpaired) electrons. The lowest BCUT2D eigenvalue weighted by molar-refractivity contribution is 1.16. The van der Waals surface area contributed by atoms with Crippen LogP contribution in [0.5, 0.6) is 0 Å². The largest absolute Gasteiger partial charge is 0.309 e. The lowest BCUT2D eigenvalue weighted by atomic mass is 10.1. The highest BCUT2D eigenvalue weighted by molar-refractivity contribution is 7.26. The summed E-state index contributed by atoms with van der Waals surface area (Å²) in [6.07, 6.45) is 0. The molecule has 238 valence electrons. The maximum absolute atomic E-state index is 5.28. The number of fused-ring (bicyclic) bond motifs is 9. The third kappa shape index (κ3) is 4.25. The third-order valence-corrected chi connectivity index (χ3v) is 11.3. The fourth-order valence-electron chi connectivity index (χ4n) is 7.86. The topological polar surface area (TPSA) is 35.6 Å². The van der Waals surface area contributed by atoms with Crippen molar-refractivity contribution < 1.29 is 0 Å². The van der Waals surface area contributed by atoms with Crippen LogP contribution in [0.15, 0.2) is 170 Å². The molecule has 0 unspecified atom stereocenters. The van der Waals surface area contributed by atoms with Crippen molar-refractivity contribution in [3.8, 4) is 34.0 Å². The summed E-state index contributed by atoms with van der Waals surface area (Å²) in [6.45, 7) is 0.